The molecule has 0 amide bonds. The molecule has 0 fully saturated rings. The molecule has 5 heteroatoms. The van der Waals surface area contributed by atoms with E-state index in [1.165, 1.54) is 0 Å². The first kappa shape index (κ1) is 15.0. The Balaban J connectivity index is 2.27. The average Bonchev–Trinajstić information content (AvgIpc) is 2.30. The summed E-state index contributed by atoms with van der Waals surface area (Å²) in [5.41, 5.74) is -0.127. The summed E-state index contributed by atoms with van der Waals surface area (Å²) in [6.07, 6.45) is 1.15. The summed E-state index contributed by atoms with van der Waals surface area (Å²) in [6.45, 7) is 4.40. The zero-order valence-corrected chi connectivity index (χ0v) is 10.4. The van der Waals surface area contributed by atoms with E-state index in [9.17, 15) is 13.2 Å². The number of nitrogens with one attached hydrogen (secondary N) is 1. The topological polar surface area (TPSA) is 21.3 Å². The molecule has 0 heterocycles. The summed E-state index contributed by atoms with van der Waals surface area (Å²) >= 11 is 0. The molecule has 0 spiro atoms. The molecule has 1 N–H and O–H groups in total. The smallest absolute Gasteiger partial charge is 0.132 e. The minimum absolute atomic E-state index is 0.103. The molecule has 0 atom stereocenters. The van der Waals surface area contributed by atoms with Crippen LogP contribution in [0.2, 0.25) is 0 Å². The lowest BCUT2D eigenvalue weighted by molar-refractivity contribution is 0.138. The molecule has 0 aliphatic carbocycles. The Labute approximate surface area is 105 Å². The Morgan fingerprint density at radius 3 is 2.33 bits per heavy atom. The van der Waals surface area contributed by atoms with E-state index in [1.807, 2.05) is 0 Å². The Hall–Kier alpha value is -1.07. The monoisotopic (exact) mass is 261 g/mol. The van der Waals surface area contributed by atoms with Gasteiger partial charge in [0.1, 0.15) is 17.5 Å². The van der Waals surface area contributed by atoms with Gasteiger partial charge in [0, 0.05) is 30.7 Å². The normalized spacial score (nSPS) is 10.9. The molecule has 0 saturated carbocycles. The van der Waals surface area contributed by atoms with Crippen LogP contribution in [0.5, 0.6) is 0 Å². The fraction of sp³-hybridized carbons (Fsp3) is 0.538. The summed E-state index contributed by atoms with van der Waals surface area (Å²) in [5.74, 6) is -2.63. The van der Waals surface area contributed by atoms with E-state index in [2.05, 4.69) is 12.2 Å². The zero-order chi connectivity index (χ0) is 13.4. The number of rotatable bonds is 8. The van der Waals surface area contributed by atoms with Crippen molar-refractivity contribution < 1.29 is 17.9 Å². The fourth-order valence-corrected chi connectivity index (χ4v) is 1.53. The van der Waals surface area contributed by atoms with Gasteiger partial charge in [-0.3, -0.25) is 0 Å². The first-order valence-electron chi connectivity index (χ1n) is 6.07. The van der Waals surface area contributed by atoms with Crippen LogP contribution in [0.25, 0.3) is 0 Å². The second-order valence-corrected chi connectivity index (χ2v) is 3.96. The summed E-state index contributed by atoms with van der Waals surface area (Å²) in [6, 6.07) is 1.36. The van der Waals surface area contributed by atoms with E-state index in [0.717, 1.165) is 13.0 Å². The standard InChI is InChI=1S/C13H18F3NO/c1-2-4-17-5-7-18-6-3-11-12(15)8-10(14)9-13(11)16/h8-9,17H,2-7H2,1H3. The molecule has 102 valence electrons. The zero-order valence-electron chi connectivity index (χ0n) is 10.4. The highest BCUT2D eigenvalue weighted by atomic mass is 19.1. The summed E-state index contributed by atoms with van der Waals surface area (Å²) in [4.78, 5) is 0. The lowest BCUT2D eigenvalue weighted by Gasteiger charge is -2.07. The first-order valence-corrected chi connectivity index (χ1v) is 6.07. The number of benzene rings is 1. The minimum Gasteiger partial charge on any atom is -0.380 e. The van der Waals surface area contributed by atoms with Crippen LogP contribution in [-0.2, 0) is 11.2 Å². The van der Waals surface area contributed by atoms with Crippen molar-refractivity contribution in [2.45, 2.75) is 19.8 Å². The van der Waals surface area contributed by atoms with Gasteiger partial charge in [-0.1, -0.05) is 6.92 Å². The molecular formula is C13H18F3NO. The minimum atomic E-state index is -0.904. The van der Waals surface area contributed by atoms with Gasteiger partial charge in [-0.05, 0) is 13.0 Å². The van der Waals surface area contributed by atoms with Crippen molar-refractivity contribution >= 4 is 0 Å². The highest BCUT2D eigenvalue weighted by Gasteiger charge is 2.10. The predicted molar refractivity (Wildman–Crippen MR) is 64.0 cm³/mol. The van der Waals surface area contributed by atoms with Gasteiger partial charge in [-0.15, -0.1) is 0 Å². The quantitative estimate of drug-likeness (QED) is 0.726. The number of halogens is 3. The van der Waals surface area contributed by atoms with Crippen molar-refractivity contribution in [2.75, 3.05) is 26.3 Å². The first-order chi connectivity index (χ1) is 8.65. The van der Waals surface area contributed by atoms with Crippen molar-refractivity contribution in [3.63, 3.8) is 0 Å². The third-order valence-corrected chi connectivity index (χ3v) is 2.45. The van der Waals surface area contributed by atoms with Gasteiger partial charge in [0.2, 0.25) is 0 Å². The van der Waals surface area contributed by atoms with Crippen LogP contribution >= 0.6 is 0 Å². The van der Waals surface area contributed by atoms with Crippen LogP contribution in [0.4, 0.5) is 13.2 Å². The van der Waals surface area contributed by atoms with Gasteiger partial charge in [0.25, 0.3) is 0 Å². The van der Waals surface area contributed by atoms with Gasteiger partial charge < -0.3 is 10.1 Å². The van der Waals surface area contributed by atoms with E-state index in [1.54, 1.807) is 0 Å². The molecule has 0 bridgehead atoms. The highest BCUT2D eigenvalue weighted by molar-refractivity contribution is 5.20. The Bertz CT molecular complexity index is 348. The van der Waals surface area contributed by atoms with Gasteiger partial charge in [0.05, 0.1) is 13.2 Å². The molecule has 2 nitrogen and oxygen atoms in total. The van der Waals surface area contributed by atoms with E-state index < -0.39 is 17.5 Å². The molecule has 1 aromatic rings. The Morgan fingerprint density at radius 2 is 1.72 bits per heavy atom. The largest absolute Gasteiger partial charge is 0.380 e. The molecular weight excluding hydrogens is 243 g/mol. The van der Waals surface area contributed by atoms with Gasteiger partial charge in [-0.2, -0.15) is 0 Å². The summed E-state index contributed by atoms with van der Waals surface area (Å²) < 4.78 is 44.4. The maximum atomic E-state index is 13.2. The van der Waals surface area contributed by atoms with E-state index >= 15 is 0 Å². The third kappa shape index (κ3) is 5.06. The number of ether oxygens (including phenoxy) is 1. The maximum Gasteiger partial charge on any atom is 0.132 e. The number of hydrogen-bond donors (Lipinski definition) is 1. The fourth-order valence-electron chi connectivity index (χ4n) is 1.53. The maximum absolute atomic E-state index is 13.2. The molecule has 0 radical (unpaired) electrons. The molecule has 0 saturated heterocycles. The molecule has 1 aromatic carbocycles. The van der Waals surface area contributed by atoms with E-state index in [0.29, 0.717) is 25.3 Å². The SMILES string of the molecule is CCCNCCOCCc1c(F)cc(F)cc1F. The molecule has 1 rings (SSSR count). The van der Waals surface area contributed by atoms with Gasteiger partial charge >= 0.3 is 0 Å². The van der Waals surface area contributed by atoms with E-state index in [4.69, 9.17) is 4.74 Å². The average molecular weight is 261 g/mol. The second kappa shape index (κ2) is 8.11. The van der Waals surface area contributed by atoms with E-state index in [-0.39, 0.29) is 18.6 Å². The van der Waals surface area contributed by atoms with Crippen molar-refractivity contribution in [2.24, 2.45) is 0 Å². The molecule has 0 unspecified atom stereocenters. The van der Waals surface area contributed by atoms with Crippen LogP contribution in [0, 0.1) is 17.5 Å². The second-order valence-electron chi connectivity index (χ2n) is 3.96. The lowest BCUT2D eigenvalue weighted by atomic mass is 10.1. The van der Waals surface area contributed by atoms with Crippen molar-refractivity contribution in [1.82, 2.24) is 5.32 Å². The van der Waals surface area contributed by atoms with Crippen LogP contribution in [0.3, 0.4) is 0 Å². The Kier molecular flexibility index (Phi) is 6.75. The van der Waals surface area contributed by atoms with Crippen LogP contribution in [-0.4, -0.2) is 26.3 Å². The van der Waals surface area contributed by atoms with Crippen LogP contribution in [0.15, 0.2) is 12.1 Å². The number of hydrogen-bond acceptors (Lipinski definition) is 2. The summed E-state index contributed by atoms with van der Waals surface area (Å²) in [7, 11) is 0. The molecule has 0 aromatic heterocycles. The highest BCUT2D eigenvalue weighted by Crippen LogP contribution is 2.15. The van der Waals surface area contributed by atoms with Crippen molar-refractivity contribution in [1.29, 1.82) is 0 Å². The van der Waals surface area contributed by atoms with Gasteiger partial charge in [-0.25, -0.2) is 13.2 Å². The molecule has 0 aliphatic heterocycles. The Morgan fingerprint density at radius 1 is 1.06 bits per heavy atom. The van der Waals surface area contributed by atoms with Crippen molar-refractivity contribution in [3.8, 4) is 0 Å². The third-order valence-electron chi connectivity index (χ3n) is 2.45. The molecule has 18 heavy (non-hydrogen) atoms. The lowest BCUT2D eigenvalue weighted by Crippen LogP contribution is -2.20. The molecule has 0 aliphatic rings. The van der Waals surface area contributed by atoms with Crippen molar-refractivity contribution in [3.05, 3.63) is 35.1 Å². The van der Waals surface area contributed by atoms with Crippen LogP contribution in [0.1, 0.15) is 18.9 Å². The predicted octanol–water partition coefficient (Wildman–Crippen LogP) is 2.66. The van der Waals surface area contributed by atoms with Gasteiger partial charge in [0.15, 0.2) is 0 Å². The van der Waals surface area contributed by atoms with Crippen LogP contribution < -0.4 is 5.32 Å². The summed E-state index contributed by atoms with van der Waals surface area (Å²) in [5, 5.41) is 3.14.